The number of nitrogens with one attached hydrogen (secondary N) is 1. The molecule has 0 radical (unpaired) electrons. The topological polar surface area (TPSA) is 64.4 Å². The van der Waals surface area contributed by atoms with Crippen LogP contribution in [0.3, 0.4) is 0 Å². The van der Waals surface area contributed by atoms with Crippen LogP contribution in [0.5, 0.6) is 5.75 Å². The Bertz CT molecular complexity index is 1040. The SMILES string of the molecule is COc1ccc(-c2cc(CNC(=O)c3cc(C(F)(F)F)cc(C(F)(F)F)c3)no2)cc1. The Balaban J connectivity index is 1.75. The van der Waals surface area contributed by atoms with Crippen molar-refractivity contribution < 1.29 is 40.4 Å². The van der Waals surface area contributed by atoms with Gasteiger partial charge in [0.25, 0.3) is 5.91 Å². The minimum Gasteiger partial charge on any atom is -0.497 e. The van der Waals surface area contributed by atoms with Crippen molar-refractivity contribution in [2.24, 2.45) is 0 Å². The van der Waals surface area contributed by atoms with Crippen molar-refractivity contribution in [3.05, 3.63) is 70.9 Å². The van der Waals surface area contributed by atoms with Crippen molar-refractivity contribution in [2.75, 3.05) is 7.11 Å². The fourth-order valence-electron chi connectivity index (χ4n) is 2.65. The second kappa shape index (κ2) is 8.32. The molecule has 0 atom stereocenters. The Labute approximate surface area is 171 Å². The van der Waals surface area contributed by atoms with Crippen molar-refractivity contribution in [1.29, 1.82) is 0 Å². The number of carbonyl (C=O) groups is 1. The zero-order valence-corrected chi connectivity index (χ0v) is 15.8. The summed E-state index contributed by atoms with van der Waals surface area (Å²) in [5, 5.41) is 5.97. The number of aromatic nitrogens is 1. The molecule has 1 amide bonds. The lowest BCUT2D eigenvalue weighted by Gasteiger charge is -2.14. The fourth-order valence-corrected chi connectivity index (χ4v) is 2.65. The predicted octanol–water partition coefficient (Wildman–Crippen LogP) is 5.32. The van der Waals surface area contributed by atoms with Gasteiger partial charge in [-0.05, 0) is 42.5 Å². The van der Waals surface area contributed by atoms with Crippen LogP contribution >= 0.6 is 0 Å². The standard InChI is InChI=1S/C20H14F6N2O3/c1-30-16-4-2-11(3-5-16)17-9-15(28-31-17)10-27-18(29)12-6-13(19(21,22)23)8-14(7-12)20(24,25)26/h2-9H,10H2,1H3,(H,27,29). The molecule has 0 spiro atoms. The number of methoxy groups -OCH3 is 1. The third kappa shape index (κ3) is 5.36. The first-order valence-electron chi connectivity index (χ1n) is 8.65. The molecule has 31 heavy (non-hydrogen) atoms. The zero-order valence-electron chi connectivity index (χ0n) is 15.8. The predicted molar refractivity (Wildman–Crippen MR) is 96.1 cm³/mol. The van der Waals surface area contributed by atoms with E-state index in [1.807, 2.05) is 0 Å². The minimum atomic E-state index is -5.05. The molecule has 11 heteroatoms. The maximum Gasteiger partial charge on any atom is 0.416 e. The molecule has 0 saturated heterocycles. The molecule has 164 valence electrons. The number of hydrogen-bond donors (Lipinski definition) is 1. The van der Waals surface area contributed by atoms with Gasteiger partial charge in [-0.1, -0.05) is 5.16 Å². The molecule has 1 heterocycles. The van der Waals surface area contributed by atoms with E-state index in [0.29, 0.717) is 29.2 Å². The highest BCUT2D eigenvalue weighted by Crippen LogP contribution is 2.36. The summed E-state index contributed by atoms with van der Waals surface area (Å²) < 4.78 is 87.8. The maximum absolute atomic E-state index is 12.9. The third-order valence-corrected chi connectivity index (χ3v) is 4.21. The summed E-state index contributed by atoms with van der Waals surface area (Å²) in [6, 6.07) is 8.92. The second-order valence-corrected chi connectivity index (χ2v) is 6.39. The van der Waals surface area contributed by atoms with E-state index in [1.165, 1.54) is 13.2 Å². The molecule has 0 fully saturated rings. The van der Waals surface area contributed by atoms with Crippen LogP contribution in [0.15, 0.2) is 53.1 Å². The maximum atomic E-state index is 12.9. The molecule has 1 aromatic heterocycles. The molecular weight excluding hydrogens is 430 g/mol. The van der Waals surface area contributed by atoms with Crippen LogP contribution in [0, 0.1) is 0 Å². The summed E-state index contributed by atoms with van der Waals surface area (Å²) in [7, 11) is 1.51. The summed E-state index contributed by atoms with van der Waals surface area (Å²) in [5.74, 6) is -0.147. The van der Waals surface area contributed by atoms with Gasteiger partial charge in [0.15, 0.2) is 5.76 Å². The highest BCUT2D eigenvalue weighted by Gasteiger charge is 2.37. The van der Waals surface area contributed by atoms with E-state index in [-0.39, 0.29) is 18.3 Å². The first-order valence-corrected chi connectivity index (χ1v) is 8.65. The van der Waals surface area contributed by atoms with Crippen LogP contribution in [0.4, 0.5) is 26.3 Å². The zero-order chi connectivity index (χ0) is 22.8. The molecule has 3 aromatic rings. The molecule has 0 aliphatic heterocycles. The number of alkyl halides is 6. The second-order valence-electron chi connectivity index (χ2n) is 6.39. The number of rotatable bonds is 5. The van der Waals surface area contributed by atoms with Crippen molar-refractivity contribution in [2.45, 2.75) is 18.9 Å². The van der Waals surface area contributed by atoms with Crippen molar-refractivity contribution in [3.63, 3.8) is 0 Å². The van der Waals surface area contributed by atoms with Crippen molar-refractivity contribution in [3.8, 4) is 17.1 Å². The first-order chi connectivity index (χ1) is 14.5. The molecule has 0 aliphatic carbocycles. The van der Waals surface area contributed by atoms with Gasteiger partial charge >= 0.3 is 12.4 Å². The number of nitrogens with zero attached hydrogens (tertiary/aromatic N) is 1. The number of carbonyl (C=O) groups excluding carboxylic acids is 1. The van der Waals surface area contributed by atoms with Gasteiger partial charge in [0.05, 0.1) is 24.8 Å². The van der Waals surface area contributed by atoms with E-state index in [0.717, 1.165) is 0 Å². The minimum absolute atomic E-state index is 0.0461. The summed E-state index contributed by atoms with van der Waals surface area (Å²) in [5.41, 5.74) is -3.05. The van der Waals surface area contributed by atoms with Crippen molar-refractivity contribution in [1.82, 2.24) is 10.5 Å². The van der Waals surface area contributed by atoms with Gasteiger partial charge in [-0.15, -0.1) is 0 Å². The summed E-state index contributed by atoms with van der Waals surface area (Å²) in [4.78, 5) is 12.2. The summed E-state index contributed by atoms with van der Waals surface area (Å²) in [6.45, 7) is -0.268. The molecule has 0 unspecified atom stereocenters. The van der Waals surface area contributed by atoms with E-state index in [4.69, 9.17) is 9.26 Å². The van der Waals surface area contributed by atoms with Crippen LogP contribution in [-0.2, 0) is 18.9 Å². The summed E-state index contributed by atoms with van der Waals surface area (Å²) >= 11 is 0. The van der Waals surface area contributed by atoms with Gasteiger partial charge in [0.1, 0.15) is 11.4 Å². The summed E-state index contributed by atoms with van der Waals surface area (Å²) in [6.07, 6.45) is -10.1. The van der Waals surface area contributed by atoms with E-state index >= 15 is 0 Å². The van der Waals surface area contributed by atoms with E-state index < -0.39 is 35.0 Å². The highest BCUT2D eigenvalue weighted by molar-refractivity contribution is 5.94. The molecular formula is C20H14F6N2O3. The van der Waals surface area contributed by atoms with E-state index in [2.05, 4.69) is 10.5 Å². The van der Waals surface area contributed by atoms with Gasteiger partial charge in [0.2, 0.25) is 0 Å². The molecule has 0 bridgehead atoms. The Hall–Kier alpha value is -3.50. The van der Waals surface area contributed by atoms with Crippen LogP contribution < -0.4 is 10.1 Å². The first kappa shape index (κ1) is 22.2. The molecule has 1 N–H and O–H groups in total. The molecule has 0 saturated carbocycles. The number of halogens is 6. The van der Waals surface area contributed by atoms with Gasteiger partial charge in [-0.2, -0.15) is 26.3 Å². The van der Waals surface area contributed by atoms with Gasteiger partial charge < -0.3 is 14.6 Å². The molecule has 0 aliphatic rings. The lowest BCUT2D eigenvalue weighted by Crippen LogP contribution is -2.24. The van der Waals surface area contributed by atoms with Crippen LogP contribution in [0.1, 0.15) is 27.2 Å². The Morgan fingerprint density at radius 3 is 2.06 bits per heavy atom. The van der Waals surface area contributed by atoms with Gasteiger partial charge in [-0.25, -0.2) is 0 Å². The lowest BCUT2D eigenvalue weighted by molar-refractivity contribution is -0.143. The quantitative estimate of drug-likeness (QED) is 0.542. The van der Waals surface area contributed by atoms with Crippen LogP contribution in [-0.4, -0.2) is 18.2 Å². The Kier molecular flexibility index (Phi) is 5.96. The average molecular weight is 444 g/mol. The monoisotopic (exact) mass is 444 g/mol. The Morgan fingerprint density at radius 1 is 0.968 bits per heavy atom. The third-order valence-electron chi connectivity index (χ3n) is 4.21. The molecule has 3 rings (SSSR count). The largest absolute Gasteiger partial charge is 0.497 e. The fraction of sp³-hybridized carbons (Fsp3) is 0.200. The number of benzene rings is 2. The normalized spacial score (nSPS) is 12.0. The smallest absolute Gasteiger partial charge is 0.416 e. The van der Waals surface area contributed by atoms with E-state index in [1.54, 1.807) is 24.3 Å². The van der Waals surface area contributed by atoms with Crippen LogP contribution in [0.2, 0.25) is 0 Å². The highest BCUT2D eigenvalue weighted by atomic mass is 19.4. The molecule has 2 aromatic carbocycles. The van der Waals surface area contributed by atoms with Gasteiger partial charge in [0, 0.05) is 17.2 Å². The van der Waals surface area contributed by atoms with E-state index in [9.17, 15) is 31.1 Å². The van der Waals surface area contributed by atoms with Gasteiger partial charge in [-0.3, -0.25) is 4.79 Å². The number of hydrogen-bond acceptors (Lipinski definition) is 4. The molecule has 5 nitrogen and oxygen atoms in total. The van der Waals surface area contributed by atoms with Crippen molar-refractivity contribution >= 4 is 5.91 Å². The number of ether oxygens (including phenoxy) is 1. The lowest BCUT2D eigenvalue weighted by atomic mass is 10.0. The Morgan fingerprint density at radius 2 is 1.55 bits per heavy atom. The average Bonchev–Trinajstić information content (AvgIpc) is 3.19. The number of amides is 1. The van der Waals surface area contributed by atoms with Crippen LogP contribution in [0.25, 0.3) is 11.3 Å².